The maximum Gasteiger partial charge on any atom is 0.271 e. The van der Waals surface area contributed by atoms with Crippen molar-refractivity contribution < 1.29 is 14.4 Å². The Morgan fingerprint density at radius 3 is 2.40 bits per heavy atom. The molecule has 1 aliphatic rings. The lowest BCUT2D eigenvalue weighted by molar-refractivity contribution is -0.915. The lowest BCUT2D eigenvalue weighted by Gasteiger charge is -2.33. The average Bonchev–Trinajstić information content (AvgIpc) is 3.12. The third-order valence-electron chi connectivity index (χ3n) is 4.57. The summed E-state index contributed by atoms with van der Waals surface area (Å²) in [6, 6.07) is 17.2. The number of rotatable bonds is 4. The van der Waals surface area contributed by atoms with Gasteiger partial charge in [-0.2, -0.15) is 0 Å². The lowest BCUT2D eigenvalue weighted by atomic mass is 10.2. The highest BCUT2D eigenvalue weighted by molar-refractivity contribution is 5.51. The fraction of sp³-hybridized carbons (Fsp3) is 0.263. The second kappa shape index (κ2) is 6.94. The van der Waals surface area contributed by atoms with Crippen LogP contribution in [0.15, 0.2) is 59.0 Å². The van der Waals surface area contributed by atoms with E-state index < -0.39 is 0 Å². The third-order valence-corrected chi connectivity index (χ3v) is 4.57. The van der Waals surface area contributed by atoms with E-state index in [0.29, 0.717) is 17.5 Å². The van der Waals surface area contributed by atoms with Gasteiger partial charge in [0.05, 0.1) is 26.2 Å². The van der Waals surface area contributed by atoms with E-state index in [4.69, 9.17) is 4.42 Å². The molecule has 2 heterocycles. The Labute approximate surface area is 146 Å². The van der Waals surface area contributed by atoms with E-state index in [0.717, 1.165) is 44.0 Å². The summed E-state index contributed by atoms with van der Waals surface area (Å²) >= 11 is 0. The first-order chi connectivity index (χ1) is 12.3. The second-order valence-corrected chi connectivity index (χ2v) is 6.30. The van der Waals surface area contributed by atoms with Crippen LogP contribution in [0.2, 0.25) is 0 Å². The standard InChI is InChI=1S/C19H20N4O2/c24-17-8-6-16(7-9-17)23-12-10-22(11-13-23)14-18-20-21-19(25-18)15-4-2-1-3-5-15/h1-9,24H,10-14H2/p+1. The summed E-state index contributed by atoms with van der Waals surface area (Å²) in [5.74, 6) is 1.57. The Hall–Kier alpha value is -2.86. The van der Waals surface area contributed by atoms with Crippen molar-refractivity contribution in [2.45, 2.75) is 6.54 Å². The molecule has 6 heteroatoms. The van der Waals surface area contributed by atoms with Crippen molar-refractivity contribution in [3.63, 3.8) is 0 Å². The Morgan fingerprint density at radius 2 is 1.68 bits per heavy atom. The molecule has 1 aliphatic heterocycles. The topological polar surface area (TPSA) is 66.8 Å². The normalized spacial score (nSPS) is 15.4. The van der Waals surface area contributed by atoms with E-state index >= 15 is 0 Å². The Morgan fingerprint density at radius 1 is 0.960 bits per heavy atom. The molecule has 2 aromatic carbocycles. The molecular formula is C19H21N4O2+. The molecule has 0 spiro atoms. The summed E-state index contributed by atoms with van der Waals surface area (Å²) < 4.78 is 5.81. The van der Waals surface area contributed by atoms with Gasteiger partial charge in [-0.25, -0.2) is 0 Å². The summed E-state index contributed by atoms with van der Waals surface area (Å²) in [5.41, 5.74) is 2.11. The predicted molar refractivity (Wildman–Crippen MR) is 94.5 cm³/mol. The number of benzene rings is 2. The van der Waals surface area contributed by atoms with E-state index in [1.807, 2.05) is 42.5 Å². The molecule has 4 rings (SSSR count). The van der Waals surface area contributed by atoms with Crippen LogP contribution in [-0.2, 0) is 6.54 Å². The molecule has 0 radical (unpaired) electrons. The second-order valence-electron chi connectivity index (χ2n) is 6.30. The molecular weight excluding hydrogens is 316 g/mol. The monoisotopic (exact) mass is 337 g/mol. The molecule has 0 amide bonds. The Bertz CT molecular complexity index is 809. The highest BCUT2D eigenvalue weighted by Crippen LogP contribution is 2.18. The zero-order valence-corrected chi connectivity index (χ0v) is 13.9. The number of piperazine rings is 1. The number of phenolic OH excluding ortho intramolecular Hbond substituents is 1. The minimum absolute atomic E-state index is 0.304. The van der Waals surface area contributed by atoms with Gasteiger partial charge in [0.2, 0.25) is 5.89 Å². The van der Waals surface area contributed by atoms with Crippen LogP contribution >= 0.6 is 0 Å². The largest absolute Gasteiger partial charge is 0.508 e. The molecule has 6 nitrogen and oxygen atoms in total. The number of anilines is 1. The van der Waals surface area contributed by atoms with Gasteiger partial charge in [-0.15, -0.1) is 10.2 Å². The molecule has 1 fully saturated rings. The van der Waals surface area contributed by atoms with Crippen molar-refractivity contribution in [1.82, 2.24) is 10.2 Å². The van der Waals surface area contributed by atoms with Crippen molar-refractivity contribution in [3.8, 4) is 17.2 Å². The molecule has 128 valence electrons. The van der Waals surface area contributed by atoms with Gasteiger partial charge < -0.3 is 19.3 Å². The fourth-order valence-corrected chi connectivity index (χ4v) is 3.16. The summed E-state index contributed by atoms with van der Waals surface area (Å²) in [4.78, 5) is 3.78. The molecule has 0 bridgehead atoms. The number of nitrogens with one attached hydrogen (secondary N) is 1. The van der Waals surface area contributed by atoms with E-state index in [1.54, 1.807) is 12.1 Å². The molecule has 2 N–H and O–H groups in total. The number of aromatic hydroxyl groups is 1. The van der Waals surface area contributed by atoms with Crippen LogP contribution in [0.4, 0.5) is 5.69 Å². The Kier molecular flexibility index (Phi) is 4.35. The lowest BCUT2D eigenvalue weighted by Crippen LogP contribution is -3.13. The van der Waals surface area contributed by atoms with Crippen molar-refractivity contribution in [2.24, 2.45) is 0 Å². The van der Waals surface area contributed by atoms with Crippen LogP contribution in [0.5, 0.6) is 5.75 Å². The van der Waals surface area contributed by atoms with Crippen molar-refractivity contribution >= 4 is 5.69 Å². The zero-order chi connectivity index (χ0) is 17.1. The first-order valence-electron chi connectivity index (χ1n) is 8.53. The molecule has 0 atom stereocenters. The summed E-state index contributed by atoms with van der Waals surface area (Å²) in [7, 11) is 0. The van der Waals surface area contributed by atoms with Gasteiger partial charge in [0.15, 0.2) is 6.54 Å². The van der Waals surface area contributed by atoms with Crippen molar-refractivity contribution in [3.05, 3.63) is 60.5 Å². The minimum Gasteiger partial charge on any atom is -0.508 e. The van der Waals surface area contributed by atoms with Crippen molar-refractivity contribution in [2.75, 3.05) is 31.1 Å². The Balaban J connectivity index is 1.34. The average molecular weight is 337 g/mol. The number of hydrogen-bond acceptors (Lipinski definition) is 5. The molecule has 3 aromatic rings. The SMILES string of the molecule is Oc1ccc(N2CC[NH+](Cc3nnc(-c4ccccc4)o3)CC2)cc1. The predicted octanol–water partition coefficient (Wildman–Crippen LogP) is 1.35. The van der Waals surface area contributed by atoms with Crippen LogP contribution in [-0.4, -0.2) is 41.5 Å². The van der Waals surface area contributed by atoms with Gasteiger partial charge in [-0.3, -0.25) is 0 Å². The zero-order valence-electron chi connectivity index (χ0n) is 13.9. The number of quaternary nitrogens is 1. The molecule has 0 aliphatic carbocycles. The molecule has 25 heavy (non-hydrogen) atoms. The van der Waals surface area contributed by atoms with Gasteiger partial charge in [0.25, 0.3) is 5.89 Å². The van der Waals surface area contributed by atoms with E-state index in [-0.39, 0.29) is 0 Å². The number of hydrogen-bond donors (Lipinski definition) is 2. The molecule has 1 saturated heterocycles. The van der Waals surface area contributed by atoms with E-state index in [9.17, 15) is 5.11 Å². The first-order valence-corrected chi connectivity index (χ1v) is 8.53. The van der Waals surface area contributed by atoms with E-state index in [1.165, 1.54) is 4.90 Å². The highest BCUT2D eigenvalue weighted by atomic mass is 16.4. The van der Waals surface area contributed by atoms with Gasteiger partial charge in [-0.1, -0.05) is 18.2 Å². The van der Waals surface area contributed by atoms with Crippen LogP contribution in [0, 0.1) is 0 Å². The summed E-state index contributed by atoms with van der Waals surface area (Å²) in [6.45, 7) is 4.73. The van der Waals surface area contributed by atoms with Crippen LogP contribution in [0.3, 0.4) is 0 Å². The first kappa shape index (κ1) is 15.7. The number of aromatic nitrogens is 2. The van der Waals surface area contributed by atoms with Gasteiger partial charge in [-0.05, 0) is 36.4 Å². The van der Waals surface area contributed by atoms with Gasteiger partial charge >= 0.3 is 0 Å². The van der Waals surface area contributed by atoms with E-state index in [2.05, 4.69) is 15.1 Å². The van der Waals surface area contributed by atoms with Crippen LogP contribution < -0.4 is 9.80 Å². The number of nitrogens with zero attached hydrogens (tertiary/aromatic N) is 3. The fourth-order valence-electron chi connectivity index (χ4n) is 3.16. The molecule has 0 unspecified atom stereocenters. The van der Waals surface area contributed by atoms with Crippen LogP contribution in [0.1, 0.15) is 5.89 Å². The molecule has 1 aromatic heterocycles. The smallest absolute Gasteiger partial charge is 0.271 e. The molecule has 0 saturated carbocycles. The highest BCUT2D eigenvalue weighted by Gasteiger charge is 2.22. The quantitative estimate of drug-likeness (QED) is 0.752. The van der Waals surface area contributed by atoms with Crippen LogP contribution in [0.25, 0.3) is 11.5 Å². The van der Waals surface area contributed by atoms with Gasteiger partial charge in [0, 0.05) is 11.3 Å². The van der Waals surface area contributed by atoms with Crippen molar-refractivity contribution in [1.29, 1.82) is 0 Å². The maximum atomic E-state index is 9.40. The third kappa shape index (κ3) is 3.64. The van der Waals surface area contributed by atoms with Gasteiger partial charge in [0.1, 0.15) is 5.75 Å². The summed E-state index contributed by atoms with van der Waals surface area (Å²) in [6.07, 6.45) is 0. The maximum absolute atomic E-state index is 9.40. The number of phenols is 1. The minimum atomic E-state index is 0.304. The summed E-state index contributed by atoms with van der Waals surface area (Å²) in [5, 5.41) is 17.8.